The van der Waals surface area contributed by atoms with Crippen LogP contribution in [0.25, 0.3) is 6.08 Å². The van der Waals surface area contributed by atoms with Crippen molar-refractivity contribution in [1.82, 2.24) is 14.5 Å². The van der Waals surface area contributed by atoms with E-state index in [-0.39, 0.29) is 5.97 Å². The summed E-state index contributed by atoms with van der Waals surface area (Å²) in [5.74, 6) is -0.284. The minimum atomic E-state index is -0.284. The highest BCUT2D eigenvalue weighted by Gasteiger charge is 2.05. The monoisotopic (exact) mass is 259 g/mol. The summed E-state index contributed by atoms with van der Waals surface area (Å²) >= 11 is 0. The summed E-state index contributed by atoms with van der Waals surface area (Å²) in [7, 11) is 0. The Kier molecular flexibility index (Phi) is 4.18. The normalized spacial score (nSPS) is 11.6. The maximum absolute atomic E-state index is 11.5. The van der Waals surface area contributed by atoms with E-state index in [1.807, 2.05) is 22.9 Å². The largest absolute Gasteiger partial charge is 0.463 e. The van der Waals surface area contributed by atoms with E-state index >= 15 is 0 Å². The van der Waals surface area contributed by atoms with Crippen molar-refractivity contribution < 1.29 is 9.53 Å². The third kappa shape index (κ3) is 3.58. The van der Waals surface area contributed by atoms with Crippen molar-refractivity contribution in [2.45, 2.75) is 20.4 Å². The van der Waals surface area contributed by atoms with Gasteiger partial charge in [0.2, 0.25) is 0 Å². The van der Waals surface area contributed by atoms with Crippen LogP contribution in [0.4, 0.5) is 0 Å². The molecule has 5 nitrogen and oxygen atoms in total. The number of imidazole rings is 1. The highest BCUT2D eigenvalue weighted by molar-refractivity contribution is 5.92. The van der Waals surface area contributed by atoms with E-state index in [0.717, 1.165) is 17.9 Å². The summed E-state index contributed by atoms with van der Waals surface area (Å²) in [6, 6.07) is 3.93. The van der Waals surface area contributed by atoms with Gasteiger partial charge in [0, 0.05) is 29.4 Å². The number of nitrogens with zero attached hydrogens (tertiary/aromatic N) is 2. The number of carbonyl (C=O) groups is 1. The summed E-state index contributed by atoms with van der Waals surface area (Å²) in [5.41, 5.74) is 2.53. The molecule has 2 rings (SSSR count). The van der Waals surface area contributed by atoms with Crippen molar-refractivity contribution >= 4 is 12.0 Å². The van der Waals surface area contributed by atoms with Gasteiger partial charge in [0.1, 0.15) is 0 Å². The molecule has 2 aromatic rings. The quantitative estimate of drug-likeness (QED) is 0.661. The van der Waals surface area contributed by atoms with Crippen molar-refractivity contribution in [3.63, 3.8) is 0 Å². The molecule has 100 valence electrons. The van der Waals surface area contributed by atoms with Gasteiger partial charge >= 0.3 is 5.97 Å². The Morgan fingerprint density at radius 1 is 1.53 bits per heavy atom. The zero-order chi connectivity index (χ0) is 13.7. The van der Waals surface area contributed by atoms with Gasteiger partial charge in [0.15, 0.2) is 0 Å². The highest BCUT2D eigenvalue weighted by atomic mass is 16.5. The van der Waals surface area contributed by atoms with E-state index in [4.69, 9.17) is 4.74 Å². The number of aromatic amines is 1. The van der Waals surface area contributed by atoms with Gasteiger partial charge in [0.25, 0.3) is 0 Å². The second-order valence-corrected chi connectivity index (χ2v) is 4.22. The fourth-order valence-electron chi connectivity index (χ4n) is 1.75. The molecule has 0 aliphatic heterocycles. The van der Waals surface area contributed by atoms with Gasteiger partial charge in [-0.3, -0.25) is 0 Å². The van der Waals surface area contributed by atoms with Crippen LogP contribution >= 0.6 is 0 Å². The molecule has 19 heavy (non-hydrogen) atoms. The number of rotatable bonds is 5. The molecule has 0 spiro atoms. The van der Waals surface area contributed by atoms with Crippen LogP contribution in [0, 0.1) is 0 Å². The van der Waals surface area contributed by atoms with Gasteiger partial charge < -0.3 is 14.3 Å². The Balaban J connectivity index is 2.04. The molecule has 0 amide bonds. The SMILES string of the molecule is CCOC(=O)/C(C)=C\c1ccc(Cn2ccnc2)[nH]1. The Morgan fingerprint density at radius 2 is 2.37 bits per heavy atom. The van der Waals surface area contributed by atoms with E-state index in [1.165, 1.54) is 0 Å². The lowest BCUT2D eigenvalue weighted by Gasteiger charge is -2.01. The van der Waals surface area contributed by atoms with Gasteiger partial charge in [-0.25, -0.2) is 9.78 Å². The number of hydrogen-bond acceptors (Lipinski definition) is 3. The summed E-state index contributed by atoms with van der Waals surface area (Å²) in [6.45, 7) is 4.66. The van der Waals surface area contributed by atoms with E-state index < -0.39 is 0 Å². The minimum absolute atomic E-state index is 0.284. The lowest BCUT2D eigenvalue weighted by Crippen LogP contribution is -2.04. The van der Waals surface area contributed by atoms with Crippen molar-refractivity contribution in [2.24, 2.45) is 0 Å². The predicted octanol–water partition coefficient (Wildman–Crippen LogP) is 2.23. The maximum atomic E-state index is 11.5. The molecule has 0 aliphatic carbocycles. The van der Waals surface area contributed by atoms with Crippen LogP contribution in [0.2, 0.25) is 0 Å². The van der Waals surface area contributed by atoms with Gasteiger partial charge in [-0.05, 0) is 32.1 Å². The van der Waals surface area contributed by atoms with Crippen LogP contribution in [-0.2, 0) is 16.1 Å². The fourth-order valence-corrected chi connectivity index (χ4v) is 1.75. The smallest absolute Gasteiger partial charge is 0.333 e. The van der Waals surface area contributed by atoms with Crippen LogP contribution in [-0.4, -0.2) is 27.1 Å². The lowest BCUT2D eigenvalue weighted by molar-refractivity contribution is -0.138. The van der Waals surface area contributed by atoms with Crippen LogP contribution in [0.5, 0.6) is 0 Å². The average molecular weight is 259 g/mol. The molecule has 0 bridgehead atoms. The number of aromatic nitrogens is 3. The van der Waals surface area contributed by atoms with E-state index in [9.17, 15) is 4.79 Å². The fraction of sp³-hybridized carbons (Fsp3) is 0.286. The van der Waals surface area contributed by atoms with E-state index in [2.05, 4.69) is 9.97 Å². The molecule has 0 aliphatic rings. The number of carbonyl (C=O) groups excluding carboxylic acids is 1. The molecule has 0 aromatic carbocycles. The Labute approximate surface area is 111 Å². The first kappa shape index (κ1) is 13.1. The Hall–Kier alpha value is -2.30. The first-order valence-electron chi connectivity index (χ1n) is 6.18. The summed E-state index contributed by atoms with van der Waals surface area (Å²) in [5, 5.41) is 0. The van der Waals surface area contributed by atoms with Crippen LogP contribution < -0.4 is 0 Å². The van der Waals surface area contributed by atoms with E-state index in [1.54, 1.807) is 32.4 Å². The molecule has 0 radical (unpaired) electrons. The van der Waals surface area contributed by atoms with Gasteiger partial charge in [0.05, 0.1) is 19.5 Å². The molecule has 0 saturated heterocycles. The van der Waals surface area contributed by atoms with Gasteiger partial charge in [-0.2, -0.15) is 0 Å². The molecule has 0 saturated carbocycles. The summed E-state index contributed by atoms with van der Waals surface area (Å²) in [4.78, 5) is 18.7. The highest BCUT2D eigenvalue weighted by Crippen LogP contribution is 2.09. The summed E-state index contributed by atoms with van der Waals surface area (Å²) < 4.78 is 6.90. The van der Waals surface area contributed by atoms with Crippen LogP contribution in [0.1, 0.15) is 25.2 Å². The van der Waals surface area contributed by atoms with Crippen LogP contribution in [0.3, 0.4) is 0 Å². The molecule has 5 heteroatoms. The van der Waals surface area contributed by atoms with Crippen molar-refractivity contribution in [3.05, 3.63) is 47.8 Å². The molecule has 0 unspecified atom stereocenters. The second-order valence-electron chi connectivity index (χ2n) is 4.22. The molecule has 2 heterocycles. The molecule has 0 atom stereocenters. The molecular weight excluding hydrogens is 242 g/mol. The minimum Gasteiger partial charge on any atom is -0.463 e. The van der Waals surface area contributed by atoms with Gasteiger partial charge in [-0.15, -0.1) is 0 Å². The second kappa shape index (κ2) is 6.04. The zero-order valence-electron chi connectivity index (χ0n) is 11.1. The van der Waals surface area contributed by atoms with E-state index in [0.29, 0.717) is 12.2 Å². The average Bonchev–Trinajstić information content (AvgIpc) is 3.02. The number of esters is 1. The standard InChI is InChI=1S/C14H17N3O2/c1-3-19-14(18)11(2)8-12-4-5-13(16-12)9-17-7-6-15-10-17/h4-8,10,16H,3,9H2,1-2H3/b11-8-. The third-order valence-corrected chi connectivity index (χ3v) is 2.65. The molecule has 2 aromatic heterocycles. The first-order chi connectivity index (χ1) is 9.19. The molecule has 0 fully saturated rings. The maximum Gasteiger partial charge on any atom is 0.333 e. The predicted molar refractivity (Wildman–Crippen MR) is 72.4 cm³/mol. The lowest BCUT2D eigenvalue weighted by atomic mass is 10.2. The topological polar surface area (TPSA) is 59.9 Å². The Morgan fingerprint density at radius 3 is 3.05 bits per heavy atom. The number of hydrogen-bond donors (Lipinski definition) is 1. The zero-order valence-corrected chi connectivity index (χ0v) is 11.1. The third-order valence-electron chi connectivity index (χ3n) is 2.65. The number of ether oxygens (including phenoxy) is 1. The summed E-state index contributed by atoms with van der Waals surface area (Å²) in [6.07, 6.45) is 7.20. The molecule has 1 N–H and O–H groups in total. The number of H-pyrrole nitrogens is 1. The van der Waals surface area contributed by atoms with Crippen molar-refractivity contribution in [1.29, 1.82) is 0 Å². The van der Waals surface area contributed by atoms with Crippen LogP contribution in [0.15, 0.2) is 36.4 Å². The Bertz CT molecular complexity index is 567. The first-order valence-corrected chi connectivity index (χ1v) is 6.18. The molecular formula is C14H17N3O2. The van der Waals surface area contributed by atoms with Crippen molar-refractivity contribution in [3.8, 4) is 0 Å². The number of nitrogens with one attached hydrogen (secondary N) is 1. The van der Waals surface area contributed by atoms with Gasteiger partial charge in [-0.1, -0.05) is 0 Å². The van der Waals surface area contributed by atoms with Crippen molar-refractivity contribution in [2.75, 3.05) is 6.61 Å².